The van der Waals surface area contributed by atoms with Gasteiger partial charge in [-0.25, -0.2) is 8.78 Å². The molecule has 0 aliphatic rings. The third kappa shape index (κ3) is 3.50. The topological polar surface area (TPSA) is 66.4 Å². The van der Waals surface area contributed by atoms with Gasteiger partial charge in [0.15, 0.2) is 11.6 Å². The van der Waals surface area contributed by atoms with E-state index in [1.54, 1.807) is 0 Å². The van der Waals surface area contributed by atoms with Gasteiger partial charge in [0.2, 0.25) is 0 Å². The van der Waals surface area contributed by atoms with Gasteiger partial charge in [-0.2, -0.15) is 0 Å². The maximum Gasteiger partial charge on any atom is 0.310 e. The number of carbonyl (C=O) groups is 2. The van der Waals surface area contributed by atoms with Crippen LogP contribution < -0.4 is 5.32 Å². The lowest BCUT2D eigenvalue weighted by atomic mass is 9.94. The minimum atomic E-state index is -1.28. The fourth-order valence-electron chi connectivity index (χ4n) is 1.17. The predicted octanol–water partition coefficient (Wildman–Crippen LogP) is 2.57. The third-order valence-electron chi connectivity index (χ3n) is 2.55. The number of hydrogen-bond acceptors (Lipinski definition) is 2. The third-order valence-corrected chi connectivity index (χ3v) is 3.16. The minimum absolute atomic E-state index is 0.0904. The maximum absolute atomic E-state index is 13.5. The first-order valence-electron chi connectivity index (χ1n) is 5.32. The van der Waals surface area contributed by atoms with Crippen LogP contribution in [0.15, 0.2) is 16.6 Å². The van der Waals surface area contributed by atoms with Crippen molar-refractivity contribution in [3.63, 3.8) is 0 Å². The first-order chi connectivity index (χ1) is 8.66. The van der Waals surface area contributed by atoms with Gasteiger partial charge >= 0.3 is 5.97 Å². The molecule has 4 nitrogen and oxygen atoms in total. The molecule has 0 unspecified atom stereocenters. The van der Waals surface area contributed by atoms with Crippen molar-refractivity contribution in [3.05, 3.63) is 33.8 Å². The Morgan fingerprint density at radius 2 is 1.89 bits per heavy atom. The van der Waals surface area contributed by atoms with Crippen molar-refractivity contribution in [1.29, 1.82) is 0 Å². The maximum atomic E-state index is 13.5. The van der Waals surface area contributed by atoms with Gasteiger partial charge in [-0.3, -0.25) is 9.59 Å². The van der Waals surface area contributed by atoms with Gasteiger partial charge < -0.3 is 10.4 Å². The molecule has 0 atom stereocenters. The first kappa shape index (κ1) is 15.6. The smallest absolute Gasteiger partial charge is 0.310 e. The van der Waals surface area contributed by atoms with Gasteiger partial charge in [0.25, 0.3) is 5.91 Å². The first-order valence-corrected chi connectivity index (χ1v) is 6.11. The van der Waals surface area contributed by atoms with E-state index in [1.165, 1.54) is 19.9 Å². The predicted molar refractivity (Wildman–Crippen MR) is 67.8 cm³/mol. The lowest BCUT2D eigenvalue weighted by molar-refractivity contribution is -0.146. The molecule has 1 amide bonds. The largest absolute Gasteiger partial charge is 0.481 e. The second-order valence-electron chi connectivity index (χ2n) is 4.59. The van der Waals surface area contributed by atoms with Crippen LogP contribution in [0.5, 0.6) is 0 Å². The molecule has 2 N–H and O–H groups in total. The lowest BCUT2D eigenvalue weighted by Gasteiger charge is -2.19. The quantitative estimate of drug-likeness (QED) is 0.831. The van der Waals surface area contributed by atoms with Crippen molar-refractivity contribution in [3.8, 4) is 0 Å². The van der Waals surface area contributed by atoms with Gasteiger partial charge in [0.1, 0.15) is 0 Å². The van der Waals surface area contributed by atoms with Gasteiger partial charge in [-0.05, 0) is 41.9 Å². The number of aliphatic carboxylic acids is 1. The van der Waals surface area contributed by atoms with Crippen molar-refractivity contribution in [1.82, 2.24) is 5.32 Å². The molecule has 0 heterocycles. The summed E-state index contributed by atoms with van der Waals surface area (Å²) in [5, 5.41) is 11.1. The van der Waals surface area contributed by atoms with E-state index in [0.717, 1.165) is 6.07 Å². The number of halogens is 3. The van der Waals surface area contributed by atoms with Gasteiger partial charge in [0, 0.05) is 6.54 Å². The van der Waals surface area contributed by atoms with E-state index >= 15 is 0 Å². The van der Waals surface area contributed by atoms with E-state index in [9.17, 15) is 18.4 Å². The number of amides is 1. The van der Waals surface area contributed by atoms with Gasteiger partial charge in [-0.1, -0.05) is 0 Å². The zero-order valence-corrected chi connectivity index (χ0v) is 11.8. The zero-order chi connectivity index (χ0) is 14.8. The van der Waals surface area contributed by atoms with Crippen LogP contribution in [-0.2, 0) is 4.79 Å². The van der Waals surface area contributed by atoms with Gasteiger partial charge in [0.05, 0.1) is 15.5 Å². The molecule has 0 aliphatic heterocycles. The summed E-state index contributed by atoms with van der Waals surface area (Å²) in [4.78, 5) is 22.5. The molecule has 0 aromatic heterocycles. The number of carboxylic acids is 1. The molecule has 0 bridgehead atoms. The molecule has 1 aromatic rings. The highest BCUT2D eigenvalue weighted by molar-refractivity contribution is 9.10. The minimum Gasteiger partial charge on any atom is -0.481 e. The second-order valence-corrected chi connectivity index (χ2v) is 5.45. The van der Waals surface area contributed by atoms with Crippen molar-refractivity contribution < 1.29 is 23.5 Å². The van der Waals surface area contributed by atoms with Crippen LogP contribution in [-0.4, -0.2) is 23.5 Å². The van der Waals surface area contributed by atoms with Crippen LogP contribution in [0.3, 0.4) is 0 Å². The van der Waals surface area contributed by atoms with Crippen LogP contribution >= 0.6 is 15.9 Å². The Morgan fingerprint density at radius 1 is 1.32 bits per heavy atom. The van der Waals surface area contributed by atoms with Crippen molar-refractivity contribution in [2.45, 2.75) is 13.8 Å². The molecule has 0 radical (unpaired) electrons. The average Bonchev–Trinajstić information content (AvgIpc) is 2.33. The van der Waals surface area contributed by atoms with E-state index in [1.807, 2.05) is 0 Å². The van der Waals surface area contributed by atoms with Crippen LogP contribution in [0.1, 0.15) is 24.2 Å². The Balaban J connectivity index is 2.86. The van der Waals surface area contributed by atoms with E-state index in [4.69, 9.17) is 5.11 Å². The number of nitrogens with one attached hydrogen (secondary N) is 1. The number of rotatable bonds is 4. The Bertz CT molecular complexity index is 532. The Morgan fingerprint density at radius 3 is 2.42 bits per heavy atom. The average molecular weight is 336 g/mol. The molecule has 19 heavy (non-hydrogen) atoms. The molecule has 0 fully saturated rings. The summed E-state index contributed by atoms with van der Waals surface area (Å²) in [5.74, 6) is -4.40. The van der Waals surface area contributed by atoms with Crippen LogP contribution in [0, 0.1) is 17.0 Å². The molecule has 1 aromatic carbocycles. The summed E-state index contributed by atoms with van der Waals surface area (Å²) in [5.41, 5.74) is -1.66. The normalized spacial score (nSPS) is 11.2. The molecule has 104 valence electrons. The highest BCUT2D eigenvalue weighted by atomic mass is 79.9. The van der Waals surface area contributed by atoms with Crippen LogP contribution in [0.25, 0.3) is 0 Å². The molecule has 0 spiro atoms. The summed E-state index contributed by atoms with van der Waals surface area (Å²) in [6.45, 7) is 2.63. The summed E-state index contributed by atoms with van der Waals surface area (Å²) >= 11 is 2.79. The molecular weight excluding hydrogens is 324 g/mol. The van der Waals surface area contributed by atoms with E-state index in [-0.39, 0.29) is 11.0 Å². The van der Waals surface area contributed by atoms with Crippen molar-refractivity contribution >= 4 is 27.8 Å². The van der Waals surface area contributed by atoms with Crippen LogP contribution in [0.4, 0.5) is 8.78 Å². The molecule has 7 heteroatoms. The molecule has 0 saturated heterocycles. The number of carboxylic acid groups (broad SMARTS) is 1. The number of benzene rings is 1. The highest BCUT2D eigenvalue weighted by Crippen LogP contribution is 2.21. The second kappa shape index (κ2) is 5.64. The molecule has 0 aliphatic carbocycles. The summed E-state index contributed by atoms with van der Waals surface area (Å²) < 4.78 is 26.7. The Labute approximate surface area is 116 Å². The monoisotopic (exact) mass is 335 g/mol. The van der Waals surface area contributed by atoms with E-state index in [0.29, 0.717) is 0 Å². The van der Waals surface area contributed by atoms with Crippen molar-refractivity contribution in [2.24, 2.45) is 5.41 Å². The summed E-state index contributed by atoms with van der Waals surface area (Å²) in [7, 11) is 0. The lowest BCUT2D eigenvalue weighted by Crippen LogP contribution is -2.39. The molecular formula is C12H12BrF2NO3. The van der Waals surface area contributed by atoms with Gasteiger partial charge in [-0.15, -0.1) is 0 Å². The van der Waals surface area contributed by atoms with Crippen molar-refractivity contribution in [2.75, 3.05) is 6.54 Å². The number of carbonyl (C=O) groups excluding carboxylic acids is 1. The fourth-order valence-corrected chi connectivity index (χ4v) is 1.48. The highest BCUT2D eigenvalue weighted by Gasteiger charge is 2.28. The van der Waals surface area contributed by atoms with Crippen LogP contribution in [0.2, 0.25) is 0 Å². The molecule has 0 saturated carbocycles. The summed E-state index contributed by atoms with van der Waals surface area (Å²) in [6.07, 6.45) is 0. The molecule has 1 rings (SSSR count). The zero-order valence-electron chi connectivity index (χ0n) is 10.3. The standard InChI is InChI=1S/C12H12BrF2NO3/c1-12(2,11(18)19)5-16-10(17)6-3-4-7(13)9(15)8(6)14/h3-4H,5H2,1-2H3,(H,16,17)(H,18,19). The summed E-state index contributed by atoms with van der Waals surface area (Å²) in [6, 6.07) is 2.32. The SMILES string of the molecule is CC(C)(CNC(=O)c1ccc(Br)c(F)c1F)C(=O)O. The van der Waals surface area contributed by atoms with E-state index < -0.39 is 34.5 Å². The number of hydrogen-bond donors (Lipinski definition) is 2. The van der Waals surface area contributed by atoms with E-state index in [2.05, 4.69) is 21.2 Å². The fraction of sp³-hybridized carbons (Fsp3) is 0.333. The Hall–Kier alpha value is -1.50. The Kier molecular flexibility index (Phi) is 4.62.